The maximum atomic E-state index is 13.2. The number of nitrogens with zero attached hydrogens (tertiary/aromatic N) is 1. The Labute approximate surface area is 94.4 Å². The van der Waals surface area contributed by atoms with E-state index in [9.17, 15) is 4.39 Å². The molecule has 0 fully saturated rings. The first-order chi connectivity index (χ1) is 7.58. The maximum absolute atomic E-state index is 13.2. The van der Waals surface area contributed by atoms with Crippen molar-refractivity contribution in [1.82, 2.24) is 0 Å². The number of methoxy groups -OCH3 is 1. The van der Waals surface area contributed by atoms with Crippen LogP contribution >= 0.6 is 0 Å². The molecule has 3 nitrogen and oxygen atoms in total. The normalized spacial score (nSPS) is 10.0. The molecular formula is C12H14FNO2. The highest BCUT2D eigenvalue weighted by Crippen LogP contribution is 2.33. The van der Waals surface area contributed by atoms with Gasteiger partial charge in [-0.05, 0) is 19.9 Å². The Bertz CT molecular complexity index is 410. The van der Waals surface area contributed by atoms with Gasteiger partial charge in [-0.3, -0.25) is 0 Å². The lowest BCUT2D eigenvalue weighted by Crippen LogP contribution is -2.09. The number of rotatable bonds is 4. The summed E-state index contributed by atoms with van der Waals surface area (Å²) in [5.74, 6) is 0.331. The highest BCUT2D eigenvalue weighted by atomic mass is 19.1. The lowest BCUT2D eigenvalue weighted by molar-refractivity contribution is 0.227. The quantitative estimate of drug-likeness (QED) is 0.788. The Morgan fingerprint density at radius 3 is 2.62 bits per heavy atom. The highest BCUT2D eigenvalue weighted by molar-refractivity contribution is 5.48. The van der Waals surface area contributed by atoms with E-state index in [1.54, 1.807) is 0 Å². The van der Waals surface area contributed by atoms with E-state index in [0.29, 0.717) is 17.1 Å². The molecule has 0 radical (unpaired) electrons. The Kier molecular flexibility index (Phi) is 4.12. The van der Waals surface area contributed by atoms with Crippen LogP contribution in [0.4, 0.5) is 4.39 Å². The third-order valence-electron chi connectivity index (χ3n) is 1.94. The lowest BCUT2D eigenvalue weighted by Gasteiger charge is -2.16. The van der Waals surface area contributed by atoms with Crippen molar-refractivity contribution in [2.75, 3.05) is 7.11 Å². The molecular weight excluding hydrogens is 209 g/mol. The van der Waals surface area contributed by atoms with E-state index in [1.807, 2.05) is 19.9 Å². The van der Waals surface area contributed by atoms with Crippen LogP contribution < -0.4 is 9.47 Å². The van der Waals surface area contributed by atoms with Gasteiger partial charge in [0, 0.05) is 11.6 Å². The predicted molar refractivity (Wildman–Crippen MR) is 58.0 cm³/mol. The molecule has 0 bridgehead atoms. The zero-order valence-corrected chi connectivity index (χ0v) is 9.58. The average Bonchev–Trinajstić information content (AvgIpc) is 2.21. The molecule has 1 aromatic carbocycles. The van der Waals surface area contributed by atoms with Crippen LogP contribution in [-0.4, -0.2) is 13.2 Å². The van der Waals surface area contributed by atoms with Gasteiger partial charge >= 0.3 is 0 Å². The van der Waals surface area contributed by atoms with Gasteiger partial charge in [0.15, 0.2) is 11.5 Å². The summed E-state index contributed by atoms with van der Waals surface area (Å²) in [7, 11) is 1.44. The van der Waals surface area contributed by atoms with Crippen LogP contribution in [0.3, 0.4) is 0 Å². The van der Waals surface area contributed by atoms with Crippen molar-refractivity contribution < 1.29 is 13.9 Å². The summed E-state index contributed by atoms with van der Waals surface area (Å²) in [6.07, 6.45) is 0.0349. The molecule has 0 unspecified atom stereocenters. The maximum Gasteiger partial charge on any atom is 0.165 e. The van der Waals surface area contributed by atoms with E-state index in [1.165, 1.54) is 19.2 Å². The minimum absolute atomic E-state index is 0.0585. The van der Waals surface area contributed by atoms with Gasteiger partial charge in [0.1, 0.15) is 5.82 Å². The fourth-order valence-corrected chi connectivity index (χ4v) is 1.36. The van der Waals surface area contributed by atoms with Gasteiger partial charge < -0.3 is 9.47 Å². The zero-order valence-electron chi connectivity index (χ0n) is 9.58. The standard InChI is InChI=1S/C12H14FNO2/c1-8(2)16-12-9(4-5-14)6-10(13)7-11(12)15-3/h6-8H,4H2,1-3H3. The summed E-state index contributed by atoms with van der Waals surface area (Å²) >= 11 is 0. The van der Waals surface area contributed by atoms with Crippen molar-refractivity contribution in [3.8, 4) is 17.6 Å². The molecule has 1 rings (SSSR count). The van der Waals surface area contributed by atoms with E-state index in [0.717, 1.165) is 0 Å². The monoisotopic (exact) mass is 223 g/mol. The van der Waals surface area contributed by atoms with Crippen LogP contribution in [0.1, 0.15) is 19.4 Å². The van der Waals surface area contributed by atoms with Crippen molar-refractivity contribution in [3.63, 3.8) is 0 Å². The average molecular weight is 223 g/mol. The Morgan fingerprint density at radius 2 is 2.12 bits per heavy atom. The SMILES string of the molecule is COc1cc(F)cc(CC#N)c1OC(C)C. The first kappa shape index (κ1) is 12.3. The molecule has 86 valence electrons. The number of hydrogen-bond acceptors (Lipinski definition) is 3. The summed E-state index contributed by atoms with van der Waals surface area (Å²) in [5, 5.41) is 8.66. The van der Waals surface area contributed by atoms with Crippen molar-refractivity contribution in [2.24, 2.45) is 0 Å². The third kappa shape index (κ3) is 2.86. The Morgan fingerprint density at radius 1 is 1.44 bits per heavy atom. The summed E-state index contributed by atoms with van der Waals surface area (Å²) in [6, 6.07) is 4.52. The summed E-state index contributed by atoms with van der Waals surface area (Å²) in [6.45, 7) is 3.72. The van der Waals surface area contributed by atoms with Crippen molar-refractivity contribution in [2.45, 2.75) is 26.4 Å². The predicted octanol–water partition coefficient (Wildman–Crippen LogP) is 2.69. The number of nitriles is 1. The molecule has 0 saturated carbocycles. The Balaban J connectivity index is 3.22. The molecule has 0 aliphatic heterocycles. The molecule has 0 heterocycles. The van der Waals surface area contributed by atoms with E-state index in [2.05, 4.69) is 0 Å². The Hall–Kier alpha value is -1.76. The van der Waals surface area contributed by atoms with E-state index >= 15 is 0 Å². The van der Waals surface area contributed by atoms with E-state index in [4.69, 9.17) is 14.7 Å². The topological polar surface area (TPSA) is 42.2 Å². The molecule has 0 aliphatic rings. The third-order valence-corrected chi connectivity index (χ3v) is 1.94. The number of halogens is 1. The van der Waals surface area contributed by atoms with Crippen LogP contribution in [0.5, 0.6) is 11.5 Å². The van der Waals surface area contributed by atoms with Crippen molar-refractivity contribution >= 4 is 0 Å². The van der Waals surface area contributed by atoms with Gasteiger partial charge in [0.05, 0.1) is 25.7 Å². The van der Waals surface area contributed by atoms with E-state index < -0.39 is 5.82 Å². The lowest BCUT2D eigenvalue weighted by atomic mass is 10.1. The number of ether oxygens (including phenoxy) is 2. The van der Waals surface area contributed by atoms with Crippen LogP contribution in [0.25, 0.3) is 0 Å². The highest BCUT2D eigenvalue weighted by Gasteiger charge is 2.14. The molecule has 0 amide bonds. The van der Waals surface area contributed by atoms with E-state index in [-0.39, 0.29) is 12.5 Å². The minimum atomic E-state index is -0.432. The first-order valence-corrected chi connectivity index (χ1v) is 4.98. The van der Waals surface area contributed by atoms with Crippen LogP contribution in [-0.2, 0) is 6.42 Å². The molecule has 1 aromatic rings. The molecule has 0 aliphatic carbocycles. The second kappa shape index (κ2) is 5.36. The van der Waals surface area contributed by atoms with Gasteiger partial charge in [-0.1, -0.05) is 0 Å². The second-order valence-corrected chi connectivity index (χ2v) is 3.60. The largest absolute Gasteiger partial charge is 0.493 e. The first-order valence-electron chi connectivity index (χ1n) is 4.98. The number of benzene rings is 1. The molecule has 4 heteroatoms. The summed E-state index contributed by atoms with van der Waals surface area (Å²) in [5.41, 5.74) is 0.507. The number of hydrogen-bond donors (Lipinski definition) is 0. The molecule has 0 saturated heterocycles. The summed E-state index contributed by atoms with van der Waals surface area (Å²) < 4.78 is 23.8. The van der Waals surface area contributed by atoms with Crippen LogP contribution in [0.15, 0.2) is 12.1 Å². The van der Waals surface area contributed by atoms with Gasteiger partial charge in [-0.15, -0.1) is 0 Å². The molecule has 16 heavy (non-hydrogen) atoms. The smallest absolute Gasteiger partial charge is 0.165 e. The van der Waals surface area contributed by atoms with Crippen LogP contribution in [0.2, 0.25) is 0 Å². The minimum Gasteiger partial charge on any atom is -0.493 e. The molecule has 0 N–H and O–H groups in total. The second-order valence-electron chi connectivity index (χ2n) is 3.60. The van der Waals surface area contributed by atoms with Gasteiger partial charge in [0.2, 0.25) is 0 Å². The van der Waals surface area contributed by atoms with Crippen molar-refractivity contribution in [1.29, 1.82) is 5.26 Å². The van der Waals surface area contributed by atoms with Crippen LogP contribution in [0, 0.1) is 17.1 Å². The van der Waals surface area contributed by atoms with Crippen molar-refractivity contribution in [3.05, 3.63) is 23.5 Å². The van der Waals surface area contributed by atoms with Gasteiger partial charge in [-0.25, -0.2) is 4.39 Å². The molecule has 0 spiro atoms. The summed E-state index contributed by atoms with van der Waals surface area (Å²) in [4.78, 5) is 0. The van der Waals surface area contributed by atoms with Gasteiger partial charge in [0.25, 0.3) is 0 Å². The molecule has 0 aromatic heterocycles. The molecule has 0 atom stereocenters. The fourth-order valence-electron chi connectivity index (χ4n) is 1.36. The zero-order chi connectivity index (χ0) is 12.1. The van der Waals surface area contributed by atoms with Gasteiger partial charge in [-0.2, -0.15) is 5.26 Å². The fraction of sp³-hybridized carbons (Fsp3) is 0.417.